The summed E-state index contributed by atoms with van der Waals surface area (Å²) in [6.45, 7) is 11.4. The summed E-state index contributed by atoms with van der Waals surface area (Å²) in [6, 6.07) is 3.01. The summed E-state index contributed by atoms with van der Waals surface area (Å²) in [4.78, 5) is 11.4. The fraction of sp³-hybridized carbons (Fsp3) is 0.300. The molecular formula is C20H29O5Y-. The second-order valence-electron chi connectivity index (χ2n) is 4.31. The first-order valence-corrected chi connectivity index (χ1v) is 7.62. The van der Waals surface area contributed by atoms with Crippen molar-refractivity contribution in [2.45, 2.75) is 20.3 Å². The van der Waals surface area contributed by atoms with E-state index in [-0.39, 0.29) is 57.2 Å². The van der Waals surface area contributed by atoms with E-state index in [1.54, 1.807) is 31.4 Å². The van der Waals surface area contributed by atoms with Gasteiger partial charge in [-0.3, -0.25) is 4.79 Å². The standard InChI is InChI=1S/C10H10O4.C7H10O.C2H6.CH3.Y/c1-13-6-4-8(12)10-7(11)2-3-14-9(10)5-6;1-4-5-6-7(2)8-3;1-2;;/h4-5,12H,2-3H2,1H3;4-6H,1-2H2,3H3;1-2H3;1H3;/q;;;-1;/b;6-5-;;;. The van der Waals surface area contributed by atoms with E-state index < -0.39 is 0 Å². The van der Waals surface area contributed by atoms with Crippen LogP contribution in [-0.2, 0) is 37.4 Å². The normalized spacial score (nSPS) is 10.8. The van der Waals surface area contributed by atoms with Crippen LogP contribution in [0.5, 0.6) is 17.2 Å². The summed E-state index contributed by atoms with van der Waals surface area (Å²) in [5, 5.41) is 9.56. The zero-order chi connectivity index (χ0) is 18.5. The molecular weight excluding hydrogens is 409 g/mol. The van der Waals surface area contributed by atoms with Gasteiger partial charge in [-0.1, -0.05) is 39.2 Å². The molecule has 0 aromatic heterocycles. The Morgan fingerprint density at radius 2 is 1.92 bits per heavy atom. The number of carbonyl (C=O) groups excluding carboxylic acids is 1. The Morgan fingerprint density at radius 3 is 2.42 bits per heavy atom. The number of hydrogen-bond donors (Lipinski definition) is 1. The topological polar surface area (TPSA) is 65.0 Å². The summed E-state index contributed by atoms with van der Waals surface area (Å²) in [6.07, 6.45) is 5.50. The number of Topliss-reactive ketones (excluding diaryl/α,β-unsaturated/α-hetero) is 1. The monoisotopic (exact) mass is 438 g/mol. The largest absolute Gasteiger partial charge is 0.507 e. The Labute approximate surface area is 182 Å². The van der Waals surface area contributed by atoms with Crippen LogP contribution in [0.15, 0.2) is 49.3 Å². The molecule has 26 heavy (non-hydrogen) atoms. The first kappa shape index (κ1) is 29.2. The molecule has 1 heterocycles. The first-order valence-electron chi connectivity index (χ1n) is 7.62. The number of carbonyl (C=O) groups is 1. The van der Waals surface area contributed by atoms with Crippen molar-refractivity contribution in [3.63, 3.8) is 0 Å². The molecule has 0 bridgehead atoms. The van der Waals surface area contributed by atoms with Crippen LogP contribution in [0.2, 0.25) is 0 Å². The third-order valence-electron chi connectivity index (χ3n) is 2.84. The SMILES string of the molecule is C=C/C=C\C(=C)OC.CC.COc1cc(O)c2c(c1)OCCC2=O.[CH3-].[Y]. The number of ether oxygens (including phenoxy) is 3. The summed E-state index contributed by atoms with van der Waals surface area (Å²) in [7, 11) is 3.07. The minimum Gasteiger partial charge on any atom is -0.507 e. The number of fused-ring (bicyclic) bond motifs is 1. The average Bonchev–Trinajstić information content (AvgIpc) is 2.61. The van der Waals surface area contributed by atoms with E-state index in [0.717, 1.165) is 0 Å². The number of phenolic OH excluding ortho intramolecular Hbond substituents is 1. The molecule has 6 heteroatoms. The second kappa shape index (κ2) is 16.9. The zero-order valence-corrected chi connectivity index (χ0v) is 19.2. The van der Waals surface area contributed by atoms with Crippen molar-refractivity contribution in [2.24, 2.45) is 0 Å². The molecule has 0 saturated heterocycles. The van der Waals surface area contributed by atoms with Crippen LogP contribution in [-0.4, -0.2) is 31.7 Å². The molecule has 2 rings (SSSR count). The molecule has 0 atom stereocenters. The third kappa shape index (κ3) is 9.78. The Morgan fingerprint density at radius 1 is 1.31 bits per heavy atom. The maximum atomic E-state index is 11.4. The molecule has 1 aliphatic heterocycles. The van der Waals surface area contributed by atoms with E-state index in [1.807, 2.05) is 13.8 Å². The molecule has 0 amide bonds. The Kier molecular flexibility index (Phi) is 18.9. The van der Waals surface area contributed by atoms with Gasteiger partial charge < -0.3 is 26.7 Å². The van der Waals surface area contributed by atoms with E-state index in [0.29, 0.717) is 30.3 Å². The van der Waals surface area contributed by atoms with Gasteiger partial charge in [0.1, 0.15) is 28.6 Å². The third-order valence-corrected chi connectivity index (χ3v) is 2.84. The van der Waals surface area contributed by atoms with Gasteiger partial charge in [-0.05, 0) is 6.08 Å². The Bertz CT molecular complexity index is 594. The number of aromatic hydroxyl groups is 1. The smallest absolute Gasteiger partial charge is 0.173 e. The number of methoxy groups -OCH3 is 2. The fourth-order valence-electron chi connectivity index (χ4n) is 1.71. The number of phenols is 1. The molecule has 0 unspecified atom stereocenters. The molecule has 1 aromatic carbocycles. The number of hydrogen-bond acceptors (Lipinski definition) is 5. The summed E-state index contributed by atoms with van der Waals surface area (Å²) in [5.74, 6) is 1.36. The molecule has 0 aliphatic carbocycles. The minimum atomic E-state index is -0.0913. The van der Waals surface area contributed by atoms with Crippen molar-refractivity contribution in [3.8, 4) is 17.2 Å². The van der Waals surface area contributed by atoms with Crippen LogP contribution in [0, 0.1) is 7.43 Å². The van der Waals surface area contributed by atoms with E-state index in [4.69, 9.17) is 14.2 Å². The zero-order valence-electron chi connectivity index (χ0n) is 16.4. The van der Waals surface area contributed by atoms with Gasteiger partial charge in [-0.25, -0.2) is 0 Å². The quantitative estimate of drug-likeness (QED) is 0.418. The van der Waals surface area contributed by atoms with Crippen molar-refractivity contribution in [1.29, 1.82) is 0 Å². The number of rotatable bonds is 4. The van der Waals surface area contributed by atoms with E-state index in [9.17, 15) is 9.90 Å². The summed E-state index contributed by atoms with van der Waals surface area (Å²) in [5.41, 5.74) is 0.261. The summed E-state index contributed by atoms with van der Waals surface area (Å²) < 4.78 is 14.9. The number of allylic oxidation sites excluding steroid dienone is 3. The average molecular weight is 438 g/mol. The molecule has 0 fully saturated rings. The van der Waals surface area contributed by atoms with Crippen LogP contribution in [0.4, 0.5) is 0 Å². The van der Waals surface area contributed by atoms with Crippen LogP contribution in [0.1, 0.15) is 30.6 Å². The van der Waals surface area contributed by atoms with Crippen molar-refractivity contribution >= 4 is 5.78 Å². The Hall–Kier alpha value is -1.59. The van der Waals surface area contributed by atoms with Gasteiger partial charge >= 0.3 is 0 Å². The predicted octanol–water partition coefficient (Wildman–Crippen LogP) is 4.73. The Balaban J connectivity index is -0.000000387. The predicted molar refractivity (Wildman–Crippen MR) is 102 cm³/mol. The molecule has 5 nitrogen and oxygen atoms in total. The van der Waals surface area contributed by atoms with Gasteiger partial charge in [0.2, 0.25) is 0 Å². The first-order chi connectivity index (χ1) is 11.5. The van der Waals surface area contributed by atoms with Crippen LogP contribution in [0.25, 0.3) is 0 Å². The fourth-order valence-corrected chi connectivity index (χ4v) is 1.71. The van der Waals surface area contributed by atoms with Crippen molar-refractivity contribution in [3.05, 3.63) is 62.3 Å². The maximum Gasteiger partial charge on any atom is 0.173 e. The summed E-state index contributed by atoms with van der Waals surface area (Å²) >= 11 is 0. The molecule has 0 saturated carbocycles. The molecule has 0 spiro atoms. The molecule has 1 radical (unpaired) electrons. The molecule has 1 aliphatic rings. The van der Waals surface area contributed by atoms with Crippen molar-refractivity contribution in [2.75, 3.05) is 20.8 Å². The number of benzene rings is 1. The van der Waals surface area contributed by atoms with E-state index >= 15 is 0 Å². The van der Waals surface area contributed by atoms with Gasteiger partial charge in [0.05, 0.1) is 20.8 Å². The minimum absolute atomic E-state index is 0. The van der Waals surface area contributed by atoms with Gasteiger partial charge in [0, 0.05) is 51.3 Å². The molecule has 1 aromatic rings. The molecule has 143 valence electrons. The van der Waals surface area contributed by atoms with E-state index in [2.05, 4.69) is 13.2 Å². The van der Waals surface area contributed by atoms with E-state index in [1.165, 1.54) is 13.2 Å². The van der Waals surface area contributed by atoms with Crippen LogP contribution >= 0.6 is 0 Å². The van der Waals surface area contributed by atoms with Crippen LogP contribution < -0.4 is 9.47 Å². The van der Waals surface area contributed by atoms with Gasteiger partial charge in [-0.15, -0.1) is 0 Å². The maximum absolute atomic E-state index is 11.4. The van der Waals surface area contributed by atoms with Crippen molar-refractivity contribution in [1.82, 2.24) is 0 Å². The second-order valence-corrected chi connectivity index (χ2v) is 4.31. The van der Waals surface area contributed by atoms with Gasteiger partial charge in [0.15, 0.2) is 5.78 Å². The number of ketones is 1. The van der Waals surface area contributed by atoms with Crippen LogP contribution in [0.3, 0.4) is 0 Å². The van der Waals surface area contributed by atoms with Gasteiger partial charge in [-0.2, -0.15) is 0 Å². The van der Waals surface area contributed by atoms with Gasteiger partial charge in [0.25, 0.3) is 0 Å². The molecule has 1 N–H and O–H groups in total. The van der Waals surface area contributed by atoms with Crippen molar-refractivity contribution < 1.29 is 56.8 Å².